The van der Waals surface area contributed by atoms with Crippen molar-refractivity contribution in [2.45, 2.75) is 116 Å². The molecule has 0 aromatic heterocycles. The van der Waals surface area contributed by atoms with Gasteiger partial charge in [-0.2, -0.15) is 0 Å². The van der Waals surface area contributed by atoms with Crippen LogP contribution in [0.1, 0.15) is 81.6 Å². The quantitative estimate of drug-likeness (QED) is 0.137. The number of likely N-dealkylation sites (tertiary alicyclic amines) is 1. The van der Waals surface area contributed by atoms with E-state index >= 15 is 0 Å². The Kier molecular flexibility index (Phi) is 9.13. The number of primary amides is 1. The molecule has 244 valence electrons. The van der Waals surface area contributed by atoms with Gasteiger partial charge in [-0.15, -0.1) is 23.2 Å². The predicted octanol–water partition coefficient (Wildman–Crippen LogP) is 2.74. The first-order valence-corrected chi connectivity index (χ1v) is 16.2. The summed E-state index contributed by atoms with van der Waals surface area (Å²) < 4.78 is 4.95. The molecule has 0 bridgehead atoms. The van der Waals surface area contributed by atoms with Crippen molar-refractivity contribution in [3.8, 4) is 0 Å². The molecule has 43 heavy (non-hydrogen) atoms. The van der Waals surface area contributed by atoms with Crippen LogP contribution in [0.2, 0.25) is 0 Å². The fraction of sp³-hybridized carbons (Fsp3) is 0.871. The normalized spacial score (nSPS) is 29.7. The number of carbonyl (C=O) groups is 4. The molecule has 7 atom stereocenters. The van der Waals surface area contributed by atoms with Crippen LogP contribution in [-0.2, 0) is 23.9 Å². The van der Waals surface area contributed by atoms with Crippen LogP contribution >= 0.6 is 23.2 Å². The second-order valence-corrected chi connectivity index (χ2v) is 17.6. The van der Waals surface area contributed by atoms with E-state index in [1.54, 1.807) is 4.90 Å². The molecule has 4 aliphatic rings. The lowest BCUT2D eigenvalue weighted by Crippen LogP contribution is -2.61. The first-order valence-electron chi connectivity index (χ1n) is 15.5. The SMILES string of the molecule is CC(C)(C)OC[C@@H](NCN[C@H](C(=O)N1C[C@@H]2C3C(Cl)(Cl)C32[C@H]1C(=O)NC(CC1CC1)C(=O)C(N)=O)C(C)(C)C)C(C)(C)C. The van der Waals surface area contributed by atoms with Gasteiger partial charge in [0.05, 0.1) is 24.3 Å². The fourth-order valence-corrected chi connectivity index (χ4v) is 8.10. The number of piperidine rings is 1. The molecule has 5 N–H and O–H groups in total. The van der Waals surface area contributed by atoms with Crippen molar-refractivity contribution in [3.63, 3.8) is 0 Å². The van der Waals surface area contributed by atoms with E-state index in [4.69, 9.17) is 33.7 Å². The summed E-state index contributed by atoms with van der Waals surface area (Å²) in [6.45, 7) is 19.6. The molecular formula is C31H51Cl2N5O5. The van der Waals surface area contributed by atoms with Gasteiger partial charge in [0.1, 0.15) is 10.4 Å². The minimum atomic E-state index is -1.12. The Morgan fingerprint density at radius 1 is 0.977 bits per heavy atom. The number of nitrogens with one attached hydrogen (secondary N) is 3. The van der Waals surface area contributed by atoms with Gasteiger partial charge in [-0.3, -0.25) is 29.8 Å². The van der Waals surface area contributed by atoms with Crippen molar-refractivity contribution in [1.82, 2.24) is 20.9 Å². The summed E-state index contributed by atoms with van der Waals surface area (Å²) in [4.78, 5) is 54.2. The van der Waals surface area contributed by atoms with Crippen LogP contribution in [0, 0.1) is 34.0 Å². The van der Waals surface area contributed by atoms with Gasteiger partial charge in [0.25, 0.3) is 5.91 Å². The summed E-state index contributed by atoms with van der Waals surface area (Å²) in [5, 5.41) is 9.71. The third kappa shape index (κ3) is 6.74. The molecule has 3 saturated carbocycles. The van der Waals surface area contributed by atoms with E-state index < -0.39 is 50.9 Å². The summed E-state index contributed by atoms with van der Waals surface area (Å²) in [5.41, 5.74) is 3.67. The molecule has 0 radical (unpaired) electrons. The molecule has 1 aliphatic heterocycles. The van der Waals surface area contributed by atoms with Crippen molar-refractivity contribution >= 4 is 46.7 Å². The van der Waals surface area contributed by atoms with E-state index in [1.165, 1.54) is 0 Å². The molecule has 3 unspecified atom stereocenters. The Labute approximate surface area is 266 Å². The maximum absolute atomic E-state index is 14.3. The molecular weight excluding hydrogens is 593 g/mol. The third-order valence-corrected chi connectivity index (χ3v) is 10.8. The Balaban J connectivity index is 1.51. The highest BCUT2D eigenvalue weighted by atomic mass is 35.5. The number of nitrogens with zero attached hydrogens (tertiary/aromatic N) is 1. The topological polar surface area (TPSA) is 143 Å². The predicted molar refractivity (Wildman–Crippen MR) is 166 cm³/mol. The molecule has 3 aliphatic carbocycles. The van der Waals surface area contributed by atoms with Crippen molar-refractivity contribution < 1.29 is 23.9 Å². The summed E-state index contributed by atoms with van der Waals surface area (Å²) in [6.07, 6.45) is 2.20. The minimum absolute atomic E-state index is 0.00878. The first kappa shape index (κ1) is 34.4. The molecule has 0 aromatic rings. The van der Waals surface area contributed by atoms with Crippen LogP contribution in [0.15, 0.2) is 0 Å². The number of rotatable bonds is 13. The van der Waals surface area contributed by atoms with Gasteiger partial charge in [-0.25, -0.2) is 0 Å². The van der Waals surface area contributed by atoms with Crippen molar-refractivity contribution in [2.24, 2.45) is 39.7 Å². The number of carbonyl (C=O) groups excluding carboxylic acids is 4. The number of ketones is 1. The average Bonchev–Trinajstić information content (AvgIpc) is 3.79. The highest BCUT2D eigenvalue weighted by Crippen LogP contribution is 2.94. The number of alkyl halides is 2. The van der Waals surface area contributed by atoms with Crippen molar-refractivity contribution in [1.29, 1.82) is 0 Å². The lowest BCUT2D eigenvalue weighted by Gasteiger charge is -2.38. The number of ether oxygens (including phenoxy) is 1. The molecule has 1 spiro atoms. The molecule has 0 aromatic carbocycles. The number of Topliss-reactive ketones (excluding diaryl/α,β-unsaturated/α-hetero) is 1. The van der Waals surface area contributed by atoms with Gasteiger partial charge in [-0.1, -0.05) is 54.4 Å². The van der Waals surface area contributed by atoms with Crippen LogP contribution in [0.25, 0.3) is 0 Å². The van der Waals surface area contributed by atoms with E-state index in [-0.39, 0.29) is 40.7 Å². The van der Waals surface area contributed by atoms with Gasteiger partial charge in [0.15, 0.2) is 0 Å². The van der Waals surface area contributed by atoms with Crippen molar-refractivity contribution in [3.05, 3.63) is 0 Å². The zero-order valence-corrected chi connectivity index (χ0v) is 28.6. The van der Waals surface area contributed by atoms with Gasteiger partial charge < -0.3 is 20.7 Å². The van der Waals surface area contributed by atoms with Gasteiger partial charge in [0, 0.05) is 30.6 Å². The summed E-state index contributed by atoms with van der Waals surface area (Å²) in [5.74, 6) is -2.50. The largest absolute Gasteiger partial charge is 0.374 e. The van der Waals surface area contributed by atoms with Gasteiger partial charge in [0.2, 0.25) is 17.6 Å². The molecule has 12 heteroatoms. The van der Waals surface area contributed by atoms with Crippen molar-refractivity contribution in [2.75, 3.05) is 19.8 Å². The van der Waals surface area contributed by atoms with E-state index in [2.05, 4.69) is 36.7 Å². The highest BCUT2D eigenvalue weighted by Gasteiger charge is 3.01. The summed E-state index contributed by atoms with van der Waals surface area (Å²) in [7, 11) is 0. The summed E-state index contributed by atoms with van der Waals surface area (Å²) in [6, 6.07) is -2.61. The van der Waals surface area contributed by atoms with Crippen LogP contribution < -0.4 is 21.7 Å². The zero-order chi connectivity index (χ0) is 32.5. The maximum Gasteiger partial charge on any atom is 0.287 e. The molecule has 4 fully saturated rings. The Bertz CT molecular complexity index is 1140. The first-order chi connectivity index (χ1) is 19.5. The zero-order valence-electron chi connectivity index (χ0n) is 27.1. The van der Waals surface area contributed by atoms with Crippen LogP contribution in [0.4, 0.5) is 0 Å². The lowest BCUT2D eigenvalue weighted by atomic mass is 9.85. The Hall–Kier alpha value is -1.46. The van der Waals surface area contributed by atoms with Gasteiger partial charge in [-0.05, 0) is 49.9 Å². The number of nitrogens with two attached hydrogens (primary N) is 1. The second-order valence-electron chi connectivity index (χ2n) is 16.2. The smallest absolute Gasteiger partial charge is 0.287 e. The van der Waals surface area contributed by atoms with E-state index in [1.807, 2.05) is 41.5 Å². The molecule has 3 amide bonds. The number of fused-ring (bicyclic) bond motifs is 1. The van der Waals surface area contributed by atoms with Crippen LogP contribution in [0.3, 0.4) is 0 Å². The van der Waals surface area contributed by atoms with E-state index in [0.717, 1.165) is 12.8 Å². The lowest BCUT2D eigenvalue weighted by molar-refractivity contribution is -0.145. The minimum Gasteiger partial charge on any atom is -0.374 e. The standard InChI is InChI=1S/C31H51Cl2N5O5/c1-27(2,3)19(14-43-29(7,8)9)35-15-36-22(28(4,5)6)26(42)38-13-17-21-30(17,31(21,32)33)23(38)25(41)37-18(12-16-10-11-16)20(39)24(34)40/h16-19,21-23,35-36H,10-15H2,1-9H3,(H2,34,40)(H,37,41)/t17-,18?,19-,21?,22-,23-,30?/m1/s1. The second kappa shape index (κ2) is 11.4. The van der Waals surface area contributed by atoms with Crippen LogP contribution in [-0.4, -0.2) is 82.3 Å². The molecule has 4 rings (SSSR count). The summed E-state index contributed by atoms with van der Waals surface area (Å²) >= 11 is 13.3. The maximum atomic E-state index is 14.3. The van der Waals surface area contributed by atoms with Gasteiger partial charge >= 0.3 is 0 Å². The Morgan fingerprint density at radius 3 is 2.05 bits per heavy atom. The van der Waals surface area contributed by atoms with E-state index in [0.29, 0.717) is 26.2 Å². The number of hydrogen-bond acceptors (Lipinski definition) is 7. The fourth-order valence-electron chi connectivity index (χ4n) is 6.82. The third-order valence-electron chi connectivity index (χ3n) is 9.63. The molecule has 10 nitrogen and oxygen atoms in total. The number of halogens is 2. The van der Waals surface area contributed by atoms with E-state index in [9.17, 15) is 19.2 Å². The number of hydrogen-bond donors (Lipinski definition) is 4. The van der Waals surface area contributed by atoms with Crippen LogP contribution in [0.5, 0.6) is 0 Å². The monoisotopic (exact) mass is 643 g/mol. The molecule has 1 saturated heterocycles. The molecule has 1 heterocycles. The Morgan fingerprint density at radius 2 is 1.58 bits per heavy atom. The average molecular weight is 645 g/mol. The highest BCUT2D eigenvalue weighted by molar-refractivity contribution is 6.53. The number of amides is 3.